The first-order valence-electron chi connectivity index (χ1n) is 16.8. The summed E-state index contributed by atoms with van der Waals surface area (Å²) >= 11 is 0. The Morgan fingerprint density at radius 1 is 0.725 bits per heavy atom. The van der Waals surface area contributed by atoms with Crippen LogP contribution < -0.4 is 0 Å². The van der Waals surface area contributed by atoms with Crippen molar-refractivity contribution < 1.29 is 38.5 Å². The minimum absolute atomic E-state index is 0. The summed E-state index contributed by atoms with van der Waals surface area (Å²) in [6.07, 6.45) is 7.51. The second kappa shape index (κ2) is 15.8. The van der Waals surface area contributed by atoms with Crippen LogP contribution in [0.1, 0.15) is 83.7 Å². The second-order valence-corrected chi connectivity index (χ2v) is 12.7. The number of aromatic amines is 2. The van der Waals surface area contributed by atoms with Crippen molar-refractivity contribution in [2.24, 2.45) is 0 Å². The van der Waals surface area contributed by atoms with Gasteiger partial charge in [-0.05, 0) is 115 Å². The molecule has 0 fully saturated rings. The van der Waals surface area contributed by atoms with Gasteiger partial charge in [-0.2, -0.15) is 0 Å². The van der Waals surface area contributed by atoms with Gasteiger partial charge in [0.2, 0.25) is 0 Å². The summed E-state index contributed by atoms with van der Waals surface area (Å²) in [5, 5.41) is 0. The van der Waals surface area contributed by atoms with Crippen molar-refractivity contribution in [1.29, 1.82) is 0 Å². The van der Waals surface area contributed by atoms with E-state index in [4.69, 9.17) is 19.4 Å². The van der Waals surface area contributed by atoms with E-state index in [0.717, 1.165) is 95.0 Å². The first-order valence-corrected chi connectivity index (χ1v) is 16.8. The van der Waals surface area contributed by atoms with Gasteiger partial charge in [0.15, 0.2) is 0 Å². The maximum Gasteiger partial charge on any atom is 0.305 e. The summed E-state index contributed by atoms with van der Waals surface area (Å²) < 4.78 is 9.96. The largest absolute Gasteiger partial charge is 0.469 e. The minimum Gasteiger partial charge on any atom is -0.469 e. The molecule has 0 radical (unpaired) electrons. The summed E-state index contributed by atoms with van der Waals surface area (Å²) in [7, 11) is 2.81. The number of ether oxygens (including phenoxy) is 2. The smallest absolute Gasteiger partial charge is 0.305 e. The fourth-order valence-electron chi connectivity index (χ4n) is 6.60. The quantitative estimate of drug-likeness (QED) is 0.131. The molecule has 0 spiro atoms. The molecule has 2 N–H and O–H groups in total. The van der Waals surface area contributed by atoms with Crippen molar-refractivity contribution in [2.45, 2.75) is 53.4 Å². The van der Waals surface area contributed by atoms with E-state index in [-0.39, 0.29) is 44.3 Å². The van der Waals surface area contributed by atoms with Crippen LogP contribution in [-0.4, -0.2) is 46.1 Å². The molecule has 9 heteroatoms. The molecule has 0 saturated carbocycles. The van der Waals surface area contributed by atoms with E-state index in [9.17, 15) is 9.59 Å². The van der Waals surface area contributed by atoms with Crippen molar-refractivity contribution >= 4 is 68.4 Å². The third-order valence-electron chi connectivity index (χ3n) is 9.61. The van der Waals surface area contributed by atoms with Crippen molar-refractivity contribution in [2.75, 3.05) is 14.2 Å². The van der Waals surface area contributed by atoms with Gasteiger partial charge >= 0.3 is 11.9 Å². The number of hydrogen-bond donors (Lipinski definition) is 2. The Hall–Kier alpha value is -5.14. The third kappa shape index (κ3) is 7.79. The molecule has 256 valence electrons. The van der Waals surface area contributed by atoms with Crippen LogP contribution in [0, 0.1) is 13.8 Å². The summed E-state index contributed by atoms with van der Waals surface area (Å²) in [6, 6.07) is 18.5. The minimum atomic E-state index is -0.278. The van der Waals surface area contributed by atoms with Gasteiger partial charge in [-0.15, -0.1) is 0 Å². The molecule has 0 atom stereocenters. The SMILES string of the molecule is C=Cc1ccccc1/C=C/C1=C(C)c2cc3cc(C)c(cc4nc(cc5[nH]c(cc1n2)c(C)c5CCC(=O)OC)C(CCC(=O)OC)=C4C)[nH]3.[Zn]. The fraction of sp³-hybridized carbons (Fsp3) is 0.238. The molecule has 5 heterocycles. The number of hydrogen-bond acceptors (Lipinski definition) is 6. The van der Waals surface area contributed by atoms with Gasteiger partial charge in [-0.1, -0.05) is 49.1 Å². The number of methoxy groups -OCH3 is 2. The number of nitrogens with zero attached hydrogens (tertiary/aromatic N) is 2. The predicted octanol–water partition coefficient (Wildman–Crippen LogP) is 9.21. The molecule has 8 nitrogen and oxygen atoms in total. The average molecular weight is 732 g/mol. The number of aryl methyl sites for hydroxylation is 3. The molecular formula is C42H42N4O4Zn. The van der Waals surface area contributed by atoms with Crippen LogP contribution in [0.4, 0.5) is 0 Å². The van der Waals surface area contributed by atoms with Crippen molar-refractivity contribution in [1.82, 2.24) is 19.9 Å². The zero-order valence-electron chi connectivity index (χ0n) is 30.2. The Labute approximate surface area is 311 Å². The van der Waals surface area contributed by atoms with Crippen LogP contribution in [-0.2, 0) is 45.0 Å². The number of nitrogens with one attached hydrogen (secondary N) is 2. The van der Waals surface area contributed by atoms with Crippen LogP contribution in [0.5, 0.6) is 0 Å². The summed E-state index contributed by atoms with van der Waals surface area (Å²) in [6.45, 7) is 12.3. The van der Waals surface area contributed by atoms with Crippen molar-refractivity contribution in [3.05, 3.63) is 118 Å². The van der Waals surface area contributed by atoms with Gasteiger partial charge in [0.1, 0.15) is 0 Å². The van der Waals surface area contributed by atoms with Gasteiger partial charge in [-0.3, -0.25) is 9.59 Å². The van der Waals surface area contributed by atoms with E-state index >= 15 is 0 Å². The van der Waals surface area contributed by atoms with Gasteiger partial charge in [0.05, 0.1) is 37.0 Å². The molecule has 0 aliphatic carbocycles. The van der Waals surface area contributed by atoms with Gasteiger partial charge in [0.25, 0.3) is 0 Å². The van der Waals surface area contributed by atoms with Crippen molar-refractivity contribution in [3.63, 3.8) is 0 Å². The number of benzene rings is 1. The number of rotatable bonds is 9. The molecule has 0 saturated heterocycles. The number of carbonyl (C=O) groups excluding carboxylic acids is 2. The number of allylic oxidation sites excluding steroid dienone is 5. The predicted molar refractivity (Wildman–Crippen MR) is 203 cm³/mol. The second-order valence-electron chi connectivity index (χ2n) is 12.7. The van der Waals surface area contributed by atoms with Crippen LogP contribution in [0.15, 0.2) is 67.3 Å². The first-order chi connectivity index (χ1) is 24.1. The van der Waals surface area contributed by atoms with E-state index in [1.54, 1.807) is 0 Å². The molecular weight excluding hydrogens is 690 g/mol. The Kier molecular flexibility index (Phi) is 11.5. The Morgan fingerprint density at radius 3 is 2.06 bits per heavy atom. The molecule has 51 heavy (non-hydrogen) atoms. The molecule has 4 aromatic rings. The Bertz CT molecular complexity index is 2300. The monoisotopic (exact) mass is 730 g/mol. The normalized spacial score (nSPS) is 12.7. The van der Waals surface area contributed by atoms with Crippen LogP contribution in [0.25, 0.3) is 56.5 Å². The zero-order valence-corrected chi connectivity index (χ0v) is 33.2. The zero-order chi connectivity index (χ0) is 35.5. The van der Waals surface area contributed by atoms with E-state index < -0.39 is 0 Å². The number of fused-ring (bicyclic) bond motifs is 8. The molecule has 2 aliphatic rings. The molecule has 3 aromatic heterocycles. The van der Waals surface area contributed by atoms with Gasteiger partial charge in [0, 0.05) is 60.0 Å². The van der Waals surface area contributed by atoms with Crippen molar-refractivity contribution in [3.8, 4) is 0 Å². The van der Waals surface area contributed by atoms with E-state index in [2.05, 4.69) is 79.8 Å². The summed E-state index contributed by atoms with van der Waals surface area (Å²) in [5.74, 6) is -0.554. The number of esters is 2. The number of H-pyrrole nitrogens is 2. The average Bonchev–Trinajstić information content (AvgIpc) is 3.79. The third-order valence-corrected chi connectivity index (χ3v) is 9.61. The topological polar surface area (TPSA) is 110 Å². The van der Waals surface area contributed by atoms with Crippen LogP contribution in [0.2, 0.25) is 0 Å². The molecule has 0 unspecified atom stereocenters. The summed E-state index contributed by atoms with van der Waals surface area (Å²) in [5.41, 5.74) is 16.1. The van der Waals surface area contributed by atoms with E-state index in [0.29, 0.717) is 12.8 Å². The Morgan fingerprint density at radius 2 is 1.35 bits per heavy atom. The number of aromatic nitrogens is 4. The molecule has 0 amide bonds. The molecule has 1 aromatic carbocycles. The first kappa shape index (κ1) is 37.1. The maximum atomic E-state index is 12.3. The Balaban J connectivity index is 0.00000504. The van der Waals surface area contributed by atoms with E-state index in [1.165, 1.54) is 14.2 Å². The van der Waals surface area contributed by atoms with E-state index in [1.807, 2.05) is 37.3 Å². The standard InChI is InChI=1S/C42H42N4O4.Zn/c1-8-28-11-9-10-12-29(28)13-14-31-25(3)35-20-30-19-24(2)34(43-30)21-36-26(4)32(15-17-41(47)49-6)39(45-36)23-40-33(16-18-42(48)50-7)27(5)37(46-40)22-38(31)44-35;/h8-14,19-23,43,46H,1,15-18H2,2-7H3;/b14-13+,30-20?,34-21?,35-20?,36-21?,37-22?,38-22?,39-23?,40-23?;. The molecule has 6 rings (SSSR count). The maximum absolute atomic E-state index is 12.3. The molecule has 8 bridgehead atoms. The van der Waals surface area contributed by atoms with Gasteiger partial charge < -0.3 is 19.4 Å². The molecule has 2 aliphatic heterocycles. The number of carbonyl (C=O) groups is 2. The van der Waals surface area contributed by atoms with Gasteiger partial charge in [-0.25, -0.2) is 9.97 Å². The summed E-state index contributed by atoms with van der Waals surface area (Å²) in [4.78, 5) is 42.0. The van der Waals surface area contributed by atoms with Crippen LogP contribution in [0.3, 0.4) is 0 Å². The van der Waals surface area contributed by atoms with Crippen LogP contribution >= 0.6 is 0 Å². The fourth-order valence-corrected chi connectivity index (χ4v) is 6.60.